The van der Waals surface area contributed by atoms with Gasteiger partial charge in [-0.15, -0.1) is 0 Å². The first-order chi connectivity index (χ1) is 15.7. The molecule has 2 unspecified atom stereocenters. The van der Waals surface area contributed by atoms with Crippen LogP contribution in [0.1, 0.15) is 66.8 Å². The summed E-state index contributed by atoms with van der Waals surface area (Å²) in [6, 6.07) is 4.27. The lowest BCUT2D eigenvalue weighted by atomic mass is 9.50. The fourth-order valence-electron chi connectivity index (χ4n) is 7.23. The van der Waals surface area contributed by atoms with E-state index in [2.05, 4.69) is 0 Å². The van der Waals surface area contributed by atoms with E-state index in [-0.39, 0.29) is 30.7 Å². The predicted molar refractivity (Wildman–Crippen MR) is 117 cm³/mol. The van der Waals surface area contributed by atoms with Crippen LogP contribution in [0.5, 0.6) is 0 Å². The van der Waals surface area contributed by atoms with Gasteiger partial charge in [-0.05, 0) is 85.8 Å². The number of halogens is 2. The van der Waals surface area contributed by atoms with Crippen LogP contribution in [-0.2, 0) is 14.9 Å². The van der Waals surface area contributed by atoms with Gasteiger partial charge in [0, 0.05) is 19.0 Å². The maximum absolute atomic E-state index is 14.3. The molecule has 9 heteroatoms. The summed E-state index contributed by atoms with van der Waals surface area (Å²) in [6.07, 6.45) is 7.69. The van der Waals surface area contributed by atoms with Crippen LogP contribution in [0.15, 0.2) is 18.2 Å². The smallest absolute Gasteiger partial charge is 0.304 e. The third-order valence-corrected chi connectivity index (χ3v) is 9.95. The third-order valence-electron chi connectivity index (χ3n) is 8.53. The van der Waals surface area contributed by atoms with Gasteiger partial charge in [-0.2, -0.15) is 12.7 Å². The first-order valence-electron chi connectivity index (χ1n) is 12.1. The Kier molecular flexibility index (Phi) is 5.12. The molecule has 6 fully saturated rings. The lowest BCUT2D eigenvalue weighted by Crippen LogP contribution is -2.56. The van der Waals surface area contributed by atoms with Crippen molar-refractivity contribution in [2.75, 3.05) is 19.7 Å². The van der Waals surface area contributed by atoms with Crippen molar-refractivity contribution < 1.29 is 26.7 Å². The molecule has 0 aromatic heterocycles. The molecule has 5 aliphatic carbocycles. The van der Waals surface area contributed by atoms with Gasteiger partial charge in [0.2, 0.25) is 0 Å². The summed E-state index contributed by atoms with van der Waals surface area (Å²) in [5, 5.41) is 0. The molecule has 180 valence electrons. The van der Waals surface area contributed by atoms with Crippen LogP contribution >= 0.6 is 0 Å². The Hall–Kier alpha value is -1.58. The molecule has 7 rings (SSSR count). The summed E-state index contributed by atoms with van der Waals surface area (Å²) in [6.45, 7) is 0.196. The molecule has 1 heterocycles. The Balaban J connectivity index is 1.09. The zero-order valence-corrected chi connectivity index (χ0v) is 19.3. The van der Waals surface area contributed by atoms with Crippen molar-refractivity contribution in [1.29, 1.82) is 0 Å². The van der Waals surface area contributed by atoms with Gasteiger partial charge in [0.25, 0.3) is 5.91 Å². The molecule has 4 bridgehead atoms. The Bertz CT molecular complexity index is 1040. The summed E-state index contributed by atoms with van der Waals surface area (Å²) in [4.78, 5) is 12.5. The number of hydrogen-bond acceptors (Lipinski definition) is 4. The quantitative estimate of drug-likeness (QED) is 0.648. The second kappa shape index (κ2) is 7.71. The zero-order valence-electron chi connectivity index (χ0n) is 18.5. The molecule has 1 N–H and O–H groups in total. The van der Waals surface area contributed by atoms with E-state index in [9.17, 15) is 22.0 Å². The molecule has 1 saturated heterocycles. The number of nitrogens with zero attached hydrogens (tertiary/aromatic N) is 1. The van der Waals surface area contributed by atoms with Crippen molar-refractivity contribution in [2.24, 2.45) is 23.2 Å². The molecule has 6 aliphatic rings. The summed E-state index contributed by atoms with van der Waals surface area (Å²) in [5.74, 6) is 0.878. The highest BCUT2D eigenvalue weighted by molar-refractivity contribution is 7.87. The first kappa shape index (κ1) is 21.9. The van der Waals surface area contributed by atoms with Gasteiger partial charge in [-0.1, -0.05) is 6.07 Å². The van der Waals surface area contributed by atoms with Crippen molar-refractivity contribution in [1.82, 2.24) is 9.03 Å². The maximum atomic E-state index is 14.3. The van der Waals surface area contributed by atoms with Gasteiger partial charge in [-0.3, -0.25) is 4.79 Å². The van der Waals surface area contributed by atoms with Crippen molar-refractivity contribution in [3.05, 3.63) is 35.1 Å². The number of carbonyl (C=O) groups excluding carboxylic acids is 1. The number of carbonyl (C=O) groups is 1. The average Bonchev–Trinajstić information content (AvgIpc) is 3.49. The molecule has 1 aromatic rings. The van der Waals surface area contributed by atoms with E-state index >= 15 is 0 Å². The highest BCUT2D eigenvalue weighted by Gasteiger charge is 2.52. The second-order valence-corrected chi connectivity index (χ2v) is 12.9. The van der Waals surface area contributed by atoms with Crippen LogP contribution in [0.3, 0.4) is 0 Å². The van der Waals surface area contributed by atoms with Gasteiger partial charge < -0.3 is 4.74 Å². The van der Waals surface area contributed by atoms with Gasteiger partial charge in [0.05, 0.1) is 18.3 Å². The number of rotatable bonds is 7. The minimum atomic E-state index is -4.18. The average molecular weight is 481 g/mol. The summed E-state index contributed by atoms with van der Waals surface area (Å²) in [5.41, 5.74) is 0.793. The molecular weight excluding hydrogens is 450 g/mol. The minimum absolute atomic E-state index is 0.0608. The van der Waals surface area contributed by atoms with E-state index in [1.807, 2.05) is 4.72 Å². The Morgan fingerprint density at radius 1 is 1.09 bits per heavy atom. The molecule has 6 nitrogen and oxygen atoms in total. The Labute approximate surface area is 193 Å². The minimum Gasteiger partial charge on any atom is -0.377 e. The highest BCUT2D eigenvalue weighted by Crippen LogP contribution is 2.60. The largest absolute Gasteiger partial charge is 0.377 e. The number of alkyl halides is 1. The van der Waals surface area contributed by atoms with Crippen LogP contribution in [0.4, 0.5) is 8.78 Å². The zero-order chi connectivity index (χ0) is 23.0. The number of nitrogens with one attached hydrogen (secondary N) is 1. The molecule has 0 radical (unpaired) electrons. The fraction of sp³-hybridized carbons (Fsp3) is 0.708. The predicted octanol–water partition coefficient (Wildman–Crippen LogP) is 3.54. The van der Waals surface area contributed by atoms with Crippen molar-refractivity contribution >= 4 is 16.1 Å². The van der Waals surface area contributed by atoms with Gasteiger partial charge in [0.1, 0.15) is 12.0 Å². The second-order valence-electron chi connectivity index (χ2n) is 11.2. The van der Waals surface area contributed by atoms with Crippen molar-refractivity contribution in [2.45, 2.75) is 63.1 Å². The molecule has 1 amide bonds. The van der Waals surface area contributed by atoms with Gasteiger partial charge >= 0.3 is 10.2 Å². The lowest BCUT2D eigenvalue weighted by molar-refractivity contribution is -0.0999. The molecule has 33 heavy (non-hydrogen) atoms. The SMILES string of the molecule is O=C(NS(=O)(=O)N1CC(F)C1)c1cc(C2CC2OCC23CC4CC(CC(C4)C2)C3)ccc1F. The maximum Gasteiger partial charge on any atom is 0.304 e. The van der Waals surface area contributed by atoms with E-state index in [0.29, 0.717) is 5.41 Å². The monoisotopic (exact) mass is 480 g/mol. The van der Waals surface area contributed by atoms with E-state index in [1.165, 1.54) is 50.7 Å². The van der Waals surface area contributed by atoms with E-state index in [1.54, 1.807) is 6.07 Å². The molecule has 1 aromatic carbocycles. The van der Waals surface area contributed by atoms with Crippen LogP contribution in [0, 0.1) is 29.0 Å². The Morgan fingerprint density at radius 2 is 1.73 bits per heavy atom. The van der Waals surface area contributed by atoms with E-state index < -0.39 is 28.1 Å². The van der Waals surface area contributed by atoms with Gasteiger partial charge in [0.15, 0.2) is 0 Å². The normalized spacial score (nSPS) is 37.7. The lowest BCUT2D eigenvalue weighted by Gasteiger charge is -2.56. The number of ether oxygens (including phenoxy) is 1. The van der Waals surface area contributed by atoms with E-state index in [0.717, 1.165) is 40.7 Å². The molecule has 5 saturated carbocycles. The number of benzene rings is 1. The number of hydrogen-bond donors (Lipinski definition) is 1. The van der Waals surface area contributed by atoms with Crippen LogP contribution in [-0.4, -0.2) is 50.6 Å². The molecule has 0 spiro atoms. The summed E-state index contributed by atoms with van der Waals surface area (Å²) in [7, 11) is -4.18. The van der Waals surface area contributed by atoms with Crippen molar-refractivity contribution in [3.63, 3.8) is 0 Å². The number of amides is 1. The topological polar surface area (TPSA) is 75.7 Å². The standard InChI is InChI=1S/C24H30F2N2O4S/c25-18-11-28(12-18)33(30,31)27-23(29)20-6-17(1-2-21(20)26)19-7-22(19)32-13-24-8-14-3-15(9-24)5-16(4-14)10-24/h1-2,6,14-16,18-19,22H,3-5,7-13H2,(H,27,29). The van der Waals surface area contributed by atoms with E-state index in [4.69, 9.17) is 4.74 Å². The van der Waals surface area contributed by atoms with Gasteiger partial charge in [-0.25, -0.2) is 13.5 Å². The molecule has 1 aliphatic heterocycles. The summed E-state index contributed by atoms with van der Waals surface area (Å²) < 4.78 is 60.7. The Morgan fingerprint density at radius 3 is 2.33 bits per heavy atom. The molecule has 2 atom stereocenters. The highest BCUT2D eigenvalue weighted by atomic mass is 32.2. The van der Waals surface area contributed by atoms with Crippen LogP contribution in [0.2, 0.25) is 0 Å². The summed E-state index contributed by atoms with van der Waals surface area (Å²) >= 11 is 0. The first-order valence-corrected chi connectivity index (χ1v) is 13.5. The van der Waals surface area contributed by atoms with Crippen LogP contribution in [0.25, 0.3) is 0 Å². The molecular formula is C24H30F2N2O4S. The van der Waals surface area contributed by atoms with Crippen LogP contribution < -0.4 is 4.72 Å². The fourth-order valence-corrected chi connectivity index (χ4v) is 8.42. The third kappa shape index (κ3) is 4.10. The van der Waals surface area contributed by atoms with Crippen molar-refractivity contribution in [3.8, 4) is 0 Å².